The van der Waals surface area contributed by atoms with Crippen molar-refractivity contribution in [3.05, 3.63) is 36.0 Å². The minimum Gasteiger partial charge on any atom is -0.451 e. The van der Waals surface area contributed by atoms with Crippen molar-refractivity contribution in [1.82, 2.24) is 9.88 Å². The molecule has 0 radical (unpaired) electrons. The van der Waals surface area contributed by atoms with Gasteiger partial charge in [0.15, 0.2) is 16.4 Å². The number of nitrogens with one attached hydrogen (secondary N) is 1. The molecule has 0 unspecified atom stereocenters. The number of rotatable bonds is 5. The molecule has 1 amide bonds. The van der Waals surface area contributed by atoms with Crippen LogP contribution in [0.4, 0.5) is 0 Å². The Kier molecular flexibility index (Phi) is 4.80. The van der Waals surface area contributed by atoms with E-state index in [-0.39, 0.29) is 29.1 Å². The zero-order chi connectivity index (χ0) is 18.0. The number of carbonyl (C=O) groups is 2. The van der Waals surface area contributed by atoms with Gasteiger partial charge in [-0.2, -0.15) is 0 Å². The van der Waals surface area contributed by atoms with Gasteiger partial charge in [-0.25, -0.2) is 13.2 Å². The fourth-order valence-corrected chi connectivity index (χ4v) is 4.86. The summed E-state index contributed by atoms with van der Waals surface area (Å²) in [5.41, 5.74) is 1.09. The van der Waals surface area contributed by atoms with Crippen LogP contribution in [-0.2, 0) is 19.4 Å². The summed E-state index contributed by atoms with van der Waals surface area (Å²) in [6.45, 7) is 1.75. The molecular weight excluding hydrogens is 344 g/mol. The Hall–Kier alpha value is -2.35. The lowest BCUT2D eigenvalue weighted by Crippen LogP contribution is -2.43. The van der Waals surface area contributed by atoms with Crippen LogP contribution in [0.1, 0.15) is 23.8 Å². The van der Waals surface area contributed by atoms with E-state index in [1.54, 1.807) is 13.0 Å². The SMILES string of the molecule is CCN(C(=O)COC(=O)c1cc2ccccc2[nH]1)[C@@H]1CCS(=O)(=O)C1. The number of aromatic amines is 1. The van der Waals surface area contributed by atoms with E-state index in [1.807, 2.05) is 24.3 Å². The van der Waals surface area contributed by atoms with Crippen LogP contribution in [0, 0.1) is 0 Å². The summed E-state index contributed by atoms with van der Waals surface area (Å²) in [5, 5.41) is 0.882. The molecule has 1 aromatic heterocycles. The number of para-hydroxylation sites is 1. The van der Waals surface area contributed by atoms with E-state index in [1.165, 1.54) is 4.90 Å². The molecule has 134 valence electrons. The van der Waals surface area contributed by atoms with Crippen LogP contribution < -0.4 is 0 Å². The molecule has 25 heavy (non-hydrogen) atoms. The average Bonchev–Trinajstić information content (AvgIpc) is 3.16. The van der Waals surface area contributed by atoms with Crippen LogP contribution in [0.15, 0.2) is 30.3 Å². The molecule has 1 aromatic carbocycles. The minimum absolute atomic E-state index is 0.0253. The largest absolute Gasteiger partial charge is 0.451 e. The number of H-pyrrole nitrogens is 1. The van der Waals surface area contributed by atoms with Gasteiger partial charge in [-0.15, -0.1) is 0 Å². The number of hydrogen-bond acceptors (Lipinski definition) is 5. The van der Waals surface area contributed by atoms with Crippen molar-refractivity contribution in [1.29, 1.82) is 0 Å². The molecule has 1 aliphatic heterocycles. The molecule has 2 heterocycles. The lowest BCUT2D eigenvalue weighted by molar-refractivity contribution is -0.136. The Labute approximate surface area is 145 Å². The standard InChI is InChI=1S/C17H20N2O5S/c1-2-19(13-7-8-25(22,23)11-13)16(20)10-24-17(21)15-9-12-5-3-4-6-14(12)18-15/h3-6,9,13,18H,2,7-8,10-11H2,1H3/t13-/m1/s1. The van der Waals surface area contributed by atoms with Crippen LogP contribution in [0.25, 0.3) is 10.9 Å². The molecule has 0 spiro atoms. The molecule has 0 saturated carbocycles. The Morgan fingerprint density at radius 1 is 1.32 bits per heavy atom. The second kappa shape index (κ2) is 6.87. The van der Waals surface area contributed by atoms with E-state index < -0.39 is 22.4 Å². The number of esters is 1. The van der Waals surface area contributed by atoms with E-state index in [0.717, 1.165) is 10.9 Å². The number of nitrogens with zero attached hydrogens (tertiary/aromatic N) is 1. The maximum Gasteiger partial charge on any atom is 0.355 e. The molecular formula is C17H20N2O5S. The highest BCUT2D eigenvalue weighted by Gasteiger charge is 2.34. The number of ether oxygens (including phenoxy) is 1. The second-order valence-electron chi connectivity index (χ2n) is 6.08. The first-order valence-electron chi connectivity index (χ1n) is 8.14. The number of likely N-dealkylation sites (N-methyl/N-ethyl adjacent to an activating group) is 1. The number of hydrogen-bond donors (Lipinski definition) is 1. The molecule has 7 nitrogen and oxygen atoms in total. The van der Waals surface area contributed by atoms with Crippen molar-refractivity contribution in [2.24, 2.45) is 0 Å². The maximum absolute atomic E-state index is 12.3. The first kappa shape index (κ1) is 17.5. The van der Waals surface area contributed by atoms with Gasteiger partial charge in [0, 0.05) is 23.5 Å². The van der Waals surface area contributed by atoms with Crippen molar-refractivity contribution in [2.75, 3.05) is 24.7 Å². The van der Waals surface area contributed by atoms with E-state index in [0.29, 0.717) is 13.0 Å². The van der Waals surface area contributed by atoms with Gasteiger partial charge in [0.05, 0.1) is 11.5 Å². The molecule has 1 N–H and O–H groups in total. The summed E-state index contributed by atoms with van der Waals surface area (Å²) >= 11 is 0. The molecule has 1 fully saturated rings. The number of aromatic nitrogens is 1. The van der Waals surface area contributed by atoms with E-state index >= 15 is 0 Å². The zero-order valence-electron chi connectivity index (χ0n) is 13.9. The number of fused-ring (bicyclic) bond motifs is 1. The van der Waals surface area contributed by atoms with Gasteiger partial charge in [0.25, 0.3) is 5.91 Å². The monoisotopic (exact) mass is 364 g/mol. The summed E-state index contributed by atoms with van der Waals surface area (Å²) in [4.78, 5) is 28.9. The lowest BCUT2D eigenvalue weighted by atomic mass is 10.2. The summed E-state index contributed by atoms with van der Waals surface area (Å²) in [6.07, 6.45) is 0.428. The van der Waals surface area contributed by atoms with E-state index in [2.05, 4.69) is 4.98 Å². The minimum atomic E-state index is -3.08. The van der Waals surface area contributed by atoms with Crippen LogP contribution in [0.2, 0.25) is 0 Å². The molecule has 2 aromatic rings. The third kappa shape index (κ3) is 3.84. The Morgan fingerprint density at radius 2 is 2.08 bits per heavy atom. The van der Waals surface area contributed by atoms with Gasteiger partial charge in [-0.3, -0.25) is 4.79 Å². The molecule has 8 heteroatoms. The number of sulfone groups is 1. The summed E-state index contributed by atoms with van der Waals surface area (Å²) < 4.78 is 28.3. The Morgan fingerprint density at radius 3 is 2.72 bits per heavy atom. The third-order valence-corrected chi connectivity index (χ3v) is 6.14. The highest BCUT2D eigenvalue weighted by molar-refractivity contribution is 7.91. The van der Waals surface area contributed by atoms with Crippen LogP contribution in [0.5, 0.6) is 0 Å². The Balaban J connectivity index is 1.61. The van der Waals surface area contributed by atoms with Crippen molar-refractivity contribution >= 4 is 32.6 Å². The van der Waals surface area contributed by atoms with Gasteiger partial charge in [0.2, 0.25) is 0 Å². The van der Waals surface area contributed by atoms with Crippen molar-refractivity contribution in [3.8, 4) is 0 Å². The summed E-state index contributed by atoms with van der Waals surface area (Å²) in [5.74, 6) is -0.924. The number of amides is 1. The van der Waals surface area contributed by atoms with Gasteiger partial charge in [0.1, 0.15) is 5.69 Å². The maximum atomic E-state index is 12.3. The van der Waals surface area contributed by atoms with Crippen molar-refractivity contribution < 1.29 is 22.7 Å². The summed E-state index contributed by atoms with van der Waals surface area (Å²) in [7, 11) is -3.08. The predicted octanol–water partition coefficient (Wildman–Crippen LogP) is 1.36. The molecule has 3 rings (SSSR count). The second-order valence-corrected chi connectivity index (χ2v) is 8.31. The molecule has 0 bridgehead atoms. The van der Waals surface area contributed by atoms with Crippen LogP contribution >= 0.6 is 0 Å². The topological polar surface area (TPSA) is 96.5 Å². The highest BCUT2D eigenvalue weighted by Crippen LogP contribution is 2.18. The molecule has 1 atom stereocenters. The lowest BCUT2D eigenvalue weighted by Gasteiger charge is -2.26. The van der Waals surface area contributed by atoms with Gasteiger partial charge >= 0.3 is 5.97 Å². The molecule has 0 aliphatic carbocycles. The first-order valence-corrected chi connectivity index (χ1v) is 9.96. The zero-order valence-corrected chi connectivity index (χ0v) is 14.7. The van der Waals surface area contributed by atoms with Gasteiger partial charge in [-0.05, 0) is 25.5 Å². The predicted molar refractivity (Wildman–Crippen MR) is 93.0 cm³/mol. The van der Waals surface area contributed by atoms with Gasteiger partial charge in [-0.1, -0.05) is 18.2 Å². The van der Waals surface area contributed by atoms with Crippen LogP contribution in [0.3, 0.4) is 0 Å². The van der Waals surface area contributed by atoms with E-state index in [9.17, 15) is 18.0 Å². The normalized spacial score (nSPS) is 19.0. The first-order chi connectivity index (χ1) is 11.9. The number of benzene rings is 1. The number of carbonyl (C=O) groups excluding carboxylic acids is 2. The average molecular weight is 364 g/mol. The molecule has 1 saturated heterocycles. The fourth-order valence-electron chi connectivity index (χ4n) is 3.13. The molecule has 1 aliphatic rings. The van der Waals surface area contributed by atoms with Crippen LogP contribution in [-0.4, -0.2) is 60.9 Å². The van der Waals surface area contributed by atoms with E-state index in [4.69, 9.17) is 4.74 Å². The summed E-state index contributed by atoms with van der Waals surface area (Å²) in [6, 6.07) is 8.76. The smallest absolute Gasteiger partial charge is 0.355 e. The van der Waals surface area contributed by atoms with Crippen molar-refractivity contribution in [2.45, 2.75) is 19.4 Å². The van der Waals surface area contributed by atoms with Crippen molar-refractivity contribution in [3.63, 3.8) is 0 Å². The fraction of sp³-hybridized carbons (Fsp3) is 0.412. The Bertz CT molecular complexity index is 870. The third-order valence-electron chi connectivity index (χ3n) is 4.39. The van der Waals surface area contributed by atoms with Gasteiger partial charge < -0.3 is 14.6 Å². The quantitative estimate of drug-likeness (QED) is 0.808. The highest BCUT2D eigenvalue weighted by atomic mass is 32.2.